The molecule has 0 heterocycles. The Morgan fingerprint density at radius 3 is 2.43 bits per heavy atom. The van der Waals surface area contributed by atoms with E-state index in [-0.39, 0.29) is 11.6 Å². The molecule has 0 fully saturated rings. The highest BCUT2D eigenvalue weighted by Crippen LogP contribution is 2.31. The number of nitro benzene ring substituents is 1. The lowest BCUT2D eigenvalue weighted by Crippen LogP contribution is -2.05. The van der Waals surface area contributed by atoms with Gasteiger partial charge < -0.3 is 5.32 Å². The number of anilines is 1. The fourth-order valence-corrected chi connectivity index (χ4v) is 2.55. The molecule has 0 radical (unpaired) electrons. The third-order valence-electron chi connectivity index (χ3n) is 2.48. The SMILES string of the molecule is CC(=O)Nc1ccc(Sc2cc(F)cc([N+](=O)[O-])c2)cc1. The lowest BCUT2D eigenvalue weighted by molar-refractivity contribution is -0.385. The number of nitro groups is 1. The molecule has 2 aromatic rings. The van der Waals surface area contributed by atoms with Crippen LogP contribution in [0.5, 0.6) is 0 Å². The van der Waals surface area contributed by atoms with Gasteiger partial charge in [-0.15, -0.1) is 0 Å². The number of rotatable bonds is 4. The van der Waals surface area contributed by atoms with E-state index in [1.54, 1.807) is 24.3 Å². The van der Waals surface area contributed by atoms with E-state index in [2.05, 4.69) is 5.32 Å². The molecule has 1 amide bonds. The molecular formula is C14H11FN2O3S. The summed E-state index contributed by atoms with van der Waals surface area (Å²) in [6.07, 6.45) is 0. The number of nitrogens with one attached hydrogen (secondary N) is 1. The second kappa shape index (κ2) is 6.36. The number of hydrogen-bond acceptors (Lipinski definition) is 4. The van der Waals surface area contributed by atoms with Crippen molar-refractivity contribution < 1.29 is 14.1 Å². The van der Waals surface area contributed by atoms with Crippen molar-refractivity contribution in [3.63, 3.8) is 0 Å². The fourth-order valence-electron chi connectivity index (χ4n) is 1.66. The topological polar surface area (TPSA) is 72.2 Å². The van der Waals surface area contributed by atoms with Gasteiger partial charge in [-0.25, -0.2) is 4.39 Å². The summed E-state index contributed by atoms with van der Waals surface area (Å²) in [5.41, 5.74) is 0.365. The van der Waals surface area contributed by atoms with Crippen LogP contribution in [0.3, 0.4) is 0 Å². The summed E-state index contributed by atoms with van der Waals surface area (Å²) < 4.78 is 13.3. The molecule has 0 aromatic heterocycles. The molecule has 0 bridgehead atoms. The quantitative estimate of drug-likeness (QED) is 0.688. The number of non-ortho nitro benzene ring substituents is 1. The van der Waals surface area contributed by atoms with E-state index in [1.165, 1.54) is 30.8 Å². The average molecular weight is 306 g/mol. The Morgan fingerprint density at radius 2 is 1.86 bits per heavy atom. The minimum atomic E-state index is -0.651. The van der Waals surface area contributed by atoms with Gasteiger partial charge in [0.25, 0.3) is 5.69 Å². The van der Waals surface area contributed by atoms with Crippen molar-refractivity contribution in [2.75, 3.05) is 5.32 Å². The predicted molar refractivity (Wildman–Crippen MR) is 77.9 cm³/mol. The molecule has 0 unspecified atom stereocenters. The minimum absolute atomic E-state index is 0.170. The van der Waals surface area contributed by atoms with Crippen LogP contribution in [0.1, 0.15) is 6.92 Å². The molecule has 0 aliphatic carbocycles. The van der Waals surface area contributed by atoms with Gasteiger partial charge in [0.15, 0.2) is 0 Å². The third kappa shape index (κ3) is 4.28. The summed E-state index contributed by atoms with van der Waals surface area (Å²) in [4.78, 5) is 22.2. The van der Waals surface area contributed by atoms with Crippen molar-refractivity contribution in [1.29, 1.82) is 0 Å². The van der Waals surface area contributed by atoms with E-state index >= 15 is 0 Å². The Kier molecular flexibility index (Phi) is 4.54. The Hall–Kier alpha value is -2.41. The van der Waals surface area contributed by atoms with Crippen molar-refractivity contribution in [2.24, 2.45) is 0 Å². The van der Waals surface area contributed by atoms with Crippen LogP contribution in [0.4, 0.5) is 15.8 Å². The molecule has 2 rings (SSSR count). The average Bonchev–Trinajstić information content (AvgIpc) is 2.39. The first-order valence-corrected chi connectivity index (χ1v) is 6.76. The molecule has 2 aromatic carbocycles. The van der Waals surface area contributed by atoms with Gasteiger partial charge in [-0.2, -0.15) is 0 Å². The standard InChI is InChI=1S/C14H11FN2O3S/c1-9(18)16-11-2-4-13(5-3-11)21-14-7-10(15)6-12(8-14)17(19)20/h2-8H,1H3,(H,16,18). The van der Waals surface area contributed by atoms with Crippen LogP contribution in [0.2, 0.25) is 0 Å². The molecule has 5 nitrogen and oxygen atoms in total. The monoisotopic (exact) mass is 306 g/mol. The van der Waals surface area contributed by atoms with Crippen LogP contribution in [-0.4, -0.2) is 10.8 Å². The number of hydrogen-bond donors (Lipinski definition) is 1. The molecule has 0 aliphatic rings. The normalized spacial score (nSPS) is 10.2. The van der Waals surface area contributed by atoms with E-state index in [1.807, 2.05) is 0 Å². The second-order valence-corrected chi connectivity index (χ2v) is 5.36. The third-order valence-corrected chi connectivity index (χ3v) is 3.46. The van der Waals surface area contributed by atoms with Gasteiger partial charge in [0.05, 0.1) is 11.0 Å². The van der Waals surface area contributed by atoms with Gasteiger partial charge in [0.1, 0.15) is 5.82 Å². The highest BCUT2D eigenvalue weighted by Gasteiger charge is 2.10. The van der Waals surface area contributed by atoms with Crippen LogP contribution in [0.15, 0.2) is 52.3 Å². The zero-order chi connectivity index (χ0) is 15.4. The van der Waals surface area contributed by atoms with Crippen LogP contribution >= 0.6 is 11.8 Å². The smallest absolute Gasteiger partial charge is 0.273 e. The maximum Gasteiger partial charge on any atom is 0.273 e. The molecule has 0 saturated carbocycles. The molecular weight excluding hydrogens is 295 g/mol. The predicted octanol–water partition coefficient (Wildman–Crippen LogP) is 3.84. The van der Waals surface area contributed by atoms with E-state index < -0.39 is 10.7 Å². The lowest BCUT2D eigenvalue weighted by atomic mass is 10.3. The van der Waals surface area contributed by atoms with Crippen molar-refractivity contribution in [2.45, 2.75) is 16.7 Å². The number of carbonyl (C=O) groups is 1. The van der Waals surface area contributed by atoms with Crippen LogP contribution < -0.4 is 5.32 Å². The Morgan fingerprint density at radius 1 is 1.19 bits per heavy atom. The molecule has 0 aliphatic heterocycles. The molecule has 0 spiro atoms. The van der Waals surface area contributed by atoms with Gasteiger partial charge in [-0.3, -0.25) is 14.9 Å². The second-order valence-electron chi connectivity index (χ2n) is 4.21. The summed E-state index contributed by atoms with van der Waals surface area (Å²) in [6, 6.07) is 10.3. The van der Waals surface area contributed by atoms with Gasteiger partial charge >= 0.3 is 0 Å². The maximum absolute atomic E-state index is 13.3. The van der Waals surface area contributed by atoms with E-state index in [0.717, 1.165) is 11.0 Å². The van der Waals surface area contributed by atoms with E-state index in [9.17, 15) is 19.3 Å². The van der Waals surface area contributed by atoms with Gasteiger partial charge in [0, 0.05) is 28.5 Å². The van der Waals surface area contributed by atoms with Crippen LogP contribution in [0, 0.1) is 15.9 Å². The van der Waals surface area contributed by atoms with Crippen LogP contribution in [-0.2, 0) is 4.79 Å². The zero-order valence-electron chi connectivity index (χ0n) is 11.0. The Balaban J connectivity index is 2.18. The summed E-state index contributed by atoms with van der Waals surface area (Å²) in [7, 11) is 0. The van der Waals surface area contributed by atoms with Gasteiger partial charge in [-0.05, 0) is 30.3 Å². The van der Waals surface area contributed by atoms with Crippen molar-refractivity contribution in [3.05, 3.63) is 58.4 Å². The van der Waals surface area contributed by atoms with Crippen molar-refractivity contribution in [3.8, 4) is 0 Å². The summed E-state index contributed by atoms with van der Waals surface area (Å²) in [5.74, 6) is -0.822. The fraction of sp³-hybridized carbons (Fsp3) is 0.0714. The van der Waals surface area contributed by atoms with Crippen molar-refractivity contribution in [1.82, 2.24) is 0 Å². The molecule has 7 heteroatoms. The highest BCUT2D eigenvalue weighted by atomic mass is 32.2. The van der Waals surface area contributed by atoms with Crippen LogP contribution in [0.25, 0.3) is 0 Å². The number of halogens is 1. The van der Waals surface area contributed by atoms with Gasteiger partial charge in [0.2, 0.25) is 5.91 Å². The number of benzene rings is 2. The largest absolute Gasteiger partial charge is 0.326 e. The number of nitrogens with zero attached hydrogens (tertiary/aromatic N) is 1. The summed E-state index contributed by atoms with van der Waals surface area (Å²) in [6.45, 7) is 1.41. The highest BCUT2D eigenvalue weighted by molar-refractivity contribution is 7.99. The lowest BCUT2D eigenvalue weighted by Gasteiger charge is -2.05. The number of amides is 1. The molecule has 108 valence electrons. The zero-order valence-corrected chi connectivity index (χ0v) is 11.8. The first kappa shape index (κ1) is 15.0. The first-order valence-electron chi connectivity index (χ1n) is 5.94. The molecule has 1 N–H and O–H groups in total. The molecule has 0 atom stereocenters. The molecule has 0 saturated heterocycles. The van der Waals surface area contributed by atoms with E-state index in [0.29, 0.717) is 10.6 Å². The Labute approximate surface area is 124 Å². The number of carbonyl (C=O) groups excluding carboxylic acids is 1. The summed E-state index contributed by atoms with van der Waals surface area (Å²) >= 11 is 1.20. The Bertz CT molecular complexity index is 689. The van der Waals surface area contributed by atoms with Gasteiger partial charge in [-0.1, -0.05) is 11.8 Å². The molecule has 21 heavy (non-hydrogen) atoms. The minimum Gasteiger partial charge on any atom is -0.326 e. The maximum atomic E-state index is 13.3. The first-order chi connectivity index (χ1) is 9.94. The van der Waals surface area contributed by atoms with Crippen molar-refractivity contribution >= 4 is 29.0 Å². The summed E-state index contributed by atoms with van der Waals surface area (Å²) in [5, 5.41) is 13.3. The van der Waals surface area contributed by atoms with E-state index in [4.69, 9.17) is 0 Å².